The average Bonchev–Trinajstić information content (AvgIpc) is 3.41. The van der Waals surface area contributed by atoms with Crippen molar-refractivity contribution in [3.63, 3.8) is 0 Å². The third-order valence-electron chi connectivity index (χ3n) is 8.65. The van der Waals surface area contributed by atoms with Crippen LogP contribution in [-0.4, -0.2) is 69.2 Å². The molecule has 2 aliphatic rings. The Morgan fingerprint density at radius 2 is 1.93 bits per heavy atom. The van der Waals surface area contributed by atoms with Crippen LogP contribution in [-0.2, 0) is 32.8 Å². The Bertz CT molecular complexity index is 1340. The summed E-state index contributed by atoms with van der Waals surface area (Å²) in [6.07, 6.45) is 1.19. The van der Waals surface area contributed by atoms with Crippen LogP contribution < -0.4 is 5.32 Å². The molecule has 3 atom stereocenters. The SMILES string of the molecule is COC[C@H](C)COCc1ccc([C@@]2(O)CCNC[C@@H]2c2ccc(-c3ccccc3CCN3CCOC3=O)cc2C)cc1. The van der Waals surface area contributed by atoms with Gasteiger partial charge in [-0.3, -0.25) is 0 Å². The van der Waals surface area contributed by atoms with Crippen molar-refractivity contribution in [2.75, 3.05) is 53.1 Å². The van der Waals surface area contributed by atoms with Crippen LogP contribution in [0.2, 0.25) is 0 Å². The Kier molecular flexibility index (Phi) is 9.95. The van der Waals surface area contributed by atoms with Crippen molar-refractivity contribution >= 4 is 6.09 Å². The summed E-state index contributed by atoms with van der Waals surface area (Å²) in [5, 5.41) is 15.7. The minimum Gasteiger partial charge on any atom is -0.448 e. The number of amides is 1. The first-order chi connectivity index (χ1) is 20.4. The van der Waals surface area contributed by atoms with Crippen molar-refractivity contribution in [1.82, 2.24) is 10.2 Å². The fourth-order valence-corrected chi connectivity index (χ4v) is 6.32. The van der Waals surface area contributed by atoms with Gasteiger partial charge in [-0.05, 0) is 65.3 Å². The van der Waals surface area contributed by atoms with Crippen molar-refractivity contribution in [3.05, 3.63) is 94.5 Å². The third-order valence-corrected chi connectivity index (χ3v) is 8.65. The standard InChI is InChI=1S/C35H44N2O5/c1-25(22-40-3)23-41-24-27-8-11-30(12-9-27)35(39)15-16-36-21-33(35)31-13-10-29(20-26(31)2)32-7-5-4-6-28(32)14-17-37-18-19-42-34(37)38/h4-13,20,25,33,36,39H,14-19,21-24H2,1-3H3/t25-,33+,35-/m0/s1. The first-order valence-corrected chi connectivity index (χ1v) is 15.1. The van der Waals surface area contributed by atoms with Crippen LogP contribution in [0, 0.1) is 12.8 Å². The number of cyclic esters (lactones) is 1. The molecule has 0 spiro atoms. The van der Waals surface area contributed by atoms with Crippen LogP contribution in [0.5, 0.6) is 0 Å². The van der Waals surface area contributed by atoms with E-state index in [2.05, 4.69) is 85.9 Å². The smallest absolute Gasteiger partial charge is 0.409 e. The molecule has 0 unspecified atom stereocenters. The highest BCUT2D eigenvalue weighted by Crippen LogP contribution is 2.43. The Balaban J connectivity index is 1.32. The van der Waals surface area contributed by atoms with E-state index in [0.717, 1.165) is 40.8 Å². The summed E-state index contributed by atoms with van der Waals surface area (Å²) in [5.74, 6) is 0.276. The van der Waals surface area contributed by atoms with Crippen molar-refractivity contribution in [2.24, 2.45) is 5.92 Å². The number of aliphatic hydroxyl groups is 1. The summed E-state index contributed by atoms with van der Waals surface area (Å²) in [4.78, 5) is 13.7. The number of benzene rings is 3. The van der Waals surface area contributed by atoms with Gasteiger partial charge in [0.1, 0.15) is 6.61 Å². The fourth-order valence-electron chi connectivity index (χ4n) is 6.32. The van der Waals surface area contributed by atoms with E-state index in [-0.39, 0.29) is 12.0 Å². The molecule has 7 nitrogen and oxygen atoms in total. The molecule has 2 saturated heterocycles. The number of hydrogen-bond donors (Lipinski definition) is 2. The van der Waals surface area contributed by atoms with Crippen molar-refractivity contribution in [2.45, 2.75) is 44.8 Å². The zero-order chi connectivity index (χ0) is 29.5. The van der Waals surface area contributed by atoms with Gasteiger partial charge in [0.15, 0.2) is 0 Å². The predicted octanol–water partition coefficient (Wildman–Crippen LogP) is 5.42. The van der Waals surface area contributed by atoms with Crippen LogP contribution in [0.3, 0.4) is 0 Å². The maximum Gasteiger partial charge on any atom is 0.409 e. The van der Waals surface area contributed by atoms with Crippen molar-refractivity contribution in [3.8, 4) is 11.1 Å². The summed E-state index contributed by atoms with van der Waals surface area (Å²) in [6.45, 7) is 9.38. The Hall–Kier alpha value is -3.23. The maximum absolute atomic E-state index is 12.2. The number of methoxy groups -OCH3 is 1. The zero-order valence-electron chi connectivity index (χ0n) is 25.1. The quantitative estimate of drug-likeness (QED) is 0.302. The number of aryl methyl sites for hydroxylation is 1. The molecule has 224 valence electrons. The Labute approximate surface area is 249 Å². The second-order valence-corrected chi connectivity index (χ2v) is 11.8. The van der Waals surface area contributed by atoms with Gasteiger partial charge in [-0.15, -0.1) is 0 Å². The highest BCUT2D eigenvalue weighted by molar-refractivity contribution is 5.70. The normalized spacial score (nSPS) is 21.4. The molecule has 0 bridgehead atoms. The van der Waals surface area contributed by atoms with E-state index in [1.165, 1.54) is 11.1 Å². The largest absolute Gasteiger partial charge is 0.448 e. The summed E-state index contributed by atoms with van der Waals surface area (Å²) in [7, 11) is 1.71. The van der Waals surface area contributed by atoms with Gasteiger partial charge >= 0.3 is 6.09 Å². The lowest BCUT2D eigenvalue weighted by atomic mass is 9.72. The highest BCUT2D eigenvalue weighted by Gasteiger charge is 2.42. The van der Waals surface area contributed by atoms with Crippen LogP contribution in [0.25, 0.3) is 11.1 Å². The molecule has 2 heterocycles. The molecular formula is C35H44N2O5. The van der Waals surface area contributed by atoms with E-state index in [1.807, 2.05) is 0 Å². The van der Waals surface area contributed by atoms with Crippen LogP contribution in [0.1, 0.15) is 47.1 Å². The summed E-state index contributed by atoms with van der Waals surface area (Å²) < 4.78 is 16.2. The number of hydrogen-bond acceptors (Lipinski definition) is 6. The number of nitrogens with one attached hydrogen (secondary N) is 1. The van der Waals surface area contributed by atoms with E-state index in [0.29, 0.717) is 58.4 Å². The highest BCUT2D eigenvalue weighted by atomic mass is 16.6. The Morgan fingerprint density at radius 3 is 2.67 bits per heavy atom. The molecule has 3 aromatic rings. The molecule has 2 N–H and O–H groups in total. The number of ether oxygens (including phenoxy) is 3. The molecule has 0 aliphatic carbocycles. The zero-order valence-corrected chi connectivity index (χ0v) is 25.1. The number of piperidine rings is 1. The number of carbonyl (C=O) groups is 1. The van der Waals surface area contributed by atoms with E-state index in [1.54, 1.807) is 12.0 Å². The van der Waals surface area contributed by atoms with Crippen LogP contribution >= 0.6 is 0 Å². The average molecular weight is 573 g/mol. The minimum absolute atomic E-state index is 0.0753. The lowest BCUT2D eigenvalue weighted by Crippen LogP contribution is -2.46. The number of rotatable bonds is 12. The molecule has 3 aromatic carbocycles. The van der Waals surface area contributed by atoms with Crippen LogP contribution in [0.15, 0.2) is 66.7 Å². The molecule has 42 heavy (non-hydrogen) atoms. The molecule has 2 fully saturated rings. The van der Waals surface area contributed by atoms with E-state index in [4.69, 9.17) is 14.2 Å². The molecule has 1 amide bonds. The lowest BCUT2D eigenvalue weighted by Gasteiger charge is -2.42. The van der Waals surface area contributed by atoms with Crippen molar-refractivity contribution in [1.29, 1.82) is 0 Å². The van der Waals surface area contributed by atoms with E-state index >= 15 is 0 Å². The van der Waals surface area contributed by atoms with Gasteiger partial charge < -0.3 is 29.5 Å². The second kappa shape index (κ2) is 13.8. The third kappa shape index (κ3) is 6.87. The molecule has 0 radical (unpaired) electrons. The van der Waals surface area contributed by atoms with Crippen LogP contribution in [0.4, 0.5) is 4.79 Å². The lowest BCUT2D eigenvalue weighted by molar-refractivity contribution is -0.0156. The van der Waals surface area contributed by atoms with Gasteiger partial charge in [0.25, 0.3) is 0 Å². The molecule has 0 saturated carbocycles. The van der Waals surface area contributed by atoms with E-state index < -0.39 is 5.60 Å². The first kappa shape index (κ1) is 30.2. The second-order valence-electron chi connectivity index (χ2n) is 11.8. The van der Waals surface area contributed by atoms with E-state index in [9.17, 15) is 9.90 Å². The molecular weight excluding hydrogens is 528 g/mol. The number of carbonyl (C=O) groups excluding carboxylic acids is 1. The van der Waals surface area contributed by atoms with Gasteiger partial charge in [-0.25, -0.2) is 4.79 Å². The maximum atomic E-state index is 12.2. The first-order valence-electron chi connectivity index (χ1n) is 15.1. The molecule has 2 aliphatic heterocycles. The predicted molar refractivity (Wildman–Crippen MR) is 165 cm³/mol. The summed E-state index contributed by atoms with van der Waals surface area (Å²) in [6, 6.07) is 23.3. The molecule has 7 heteroatoms. The minimum atomic E-state index is -0.966. The fraction of sp³-hybridized carbons (Fsp3) is 0.457. The van der Waals surface area contributed by atoms with Gasteiger partial charge in [0, 0.05) is 32.0 Å². The molecule has 5 rings (SSSR count). The number of nitrogens with zero attached hydrogens (tertiary/aromatic N) is 1. The van der Waals surface area contributed by atoms with Gasteiger partial charge in [-0.2, -0.15) is 0 Å². The van der Waals surface area contributed by atoms with Gasteiger partial charge in [0.05, 0.1) is 32.0 Å². The summed E-state index contributed by atoms with van der Waals surface area (Å²) in [5.41, 5.74) is 6.92. The summed E-state index contributed by atoms with van der Waals surface area (Å²) >= 11 is 0. The van der Waals surface area contributed by atoms with Gasteiger partial charge in [0.2, 0.25) is 0 Å². The Morgan fingerprint density at radius 1 is 1.12 bits per heavy atom. The molecule has 0 aromatic heterocycles. The van der Waals surface area contributed by atoms with Crippen molar-refractivity contribution < 1.29 is 24.1 Å². The monoisotopic (exact) mass is 572 g/mol. The van der Waals surface area contributed by atoms with Gasteiger partial charge in [-0.1, -0.05) is 73.7 Å². The topological polar surface area (TPSA) is 80.3 Å².